The molecule has 0 aromatic heterocycles. The largest absolute Gasteiger partial charge is 0.481 e. The van der Waals surface area contributed by atoms with Gasteiger partial charge in [-0.2, -0.15) is 0 Å². The highest BCUT2D eigenvalue weighted by Gasteiger charge is 2.19. The van der Waals surface area contributed by atoms with Crippen molar-refractivity contribution in [3.8, 4) is 0 Å². The van der Waals surface area contributed by atoms with Gasteiger partial charge in [0.2, 0.25) is 5.91 Å². The van der Waals surface area contributed by atoms with Crippen LogP contribution in [0.5, 0.6) is 0 Å². The Morgan fingerprint density at radius 3 is 2.29 bits per heavy atom. The zero-order valence-electron chi connectivity index (χ0n) is 13.3. The first-order valence-corrected chi connectivity index (χ1v) is 7.36. The average molecular weight is 301 g/mol. The van der Waals surface area contributed by atoms with Crippen molar-refractivity contribution in [1.82, 2.24) is 15.5 Å². The van der Waals surface area contributed by atoms with Crippen LogP contribution in [-0.4, -0.2) is 53.6 Å². The van der Waals surface area contributed by atoms with Gasteiger partial charge in [0.25, 0.3) is 0 Å². The molecular formula is C14H27N3O4. The van der Waals surface area contributed by atoms with E-state index in [1.54, 1.807) is 13.8 Å². The number of carbonyl (C=O) groups excluding carboxylic acids is 2. The lowest BCUT2D eigenvalue weighted by atomic mass is 10.2. The van der Waals surface area contributed by atoms with E-state index in [1.807, 2.05) is 13.8 Å². The number of hydrogen-bond donors (Lipinski definition) is 3. The summed E-state index contributed by atoms with van der Waals surface area (Å²) >= 11 is 0. The van der Waals surface area contributed by atoms with Crippen molar-refractivity contribution < 1.29 is 19.5 Å². The maximum Gasteiger partial charge on any atom is 0.317 e. The van der Waals surface area contributed by atoms with Crippen LogP contribution < -0.4 is 10.6 Å². The van der Waals surface area contributed by atoms with Gasteiger partial charge in [-0.1, -0.05) is 13.8 Å². The number of carboxylic acid groups (broad SMARTS) is 1. The molecule has 3 N–H and O–H groups in total. The molecule has 0 aliphatic carbocycles. The van der Waals surface area contributed by atoms with E-state index in [2.05, 4.69) is 10.6 Å². The number of nitrogens with zero attached hydrogens (tertiary/aromatic N) is 1. The summed E-state index contributed by atoms with van der Waals surface area (Å²) in [6.07, 6.45) is 1.07. The lowest BCUT2D eigenvalue weighted by Gasteiger charge is -2.23. The van der Waals surface area contributed by atoms with E-state index in [0.29, 0.717) is 6.54 Å². The second-order valence-corrected chi connectivity index (χ2v) is 5.14. The van der Waals surface area contributed by atoms with E-state index in [4.69, 9.17) is 5.11 Å². The molecule has 0 aromatic carbocycles. The van der Waals surface area contributed by atoms with E-state index >= 15 is 0 Å². The smallest absolute Gasteiger partial charge is 0.317 e. The van der Waals surface area contributed by atoms with Crippen molar-refractivity contribution in [2.75, 3.05) is 19.6 Å². The van der Waals surface area contributed by atoms with E-state index in [0.717, 1.165) is 6.42 Å². The summed E-state index contributed by atoms with van der Waals surface area (Å²) in [5, 5.41) is 14.3. The summed E-state index contributed by atoms with van der Waals surface area (Å²) in [4.78, 5) is 35.6. The molecular weight excluding hydrogens is 274 g/mol. The number of urea groups is 1. The van der Waals surface area contributed by atoms with Gasteiger partial charge >= 0.3 is 12.0 Å². The maximum atomic E-state index is 11.9. The highest BCUT2D eigenvalue weighted by Crippen LogP contribution is 2.00. The van der Waals surface area contributed by atoms with Crippen LogP contribution in [0.15, 0.2) is 0 Å². The SMILES string of the molecule is CCC(C)NC(=O)CCNC(=O)N(CC)CC(C)C(=O)O. The van der Waals surface area contributed by atoms with Crippen molar-refractivity contribution in [3.63, 3.8) is 0 Å². The Hall–Kier alpha value is -1.79. The average Bonchev–Trinajstić information content (AvgIpc) is 2.43. The summed E-state index contributed by atoms with van der Waals surface area (Å²) in [5.41, 5.74) is 0. The fourth-order valence-corrected chi connectivity index (χ4v) is 1.61. The van der Waals surface area contributed by atoms with Crippen molar-refractivity contribution in [2.24, 2.45) is 5.92 Å². The van der Waals surface area contributed by atoms with Crippen LogP contribution in [0.2, 0.25) is 0 Å². The van der Waals surface area contributed by atoms with E-state index in [9.17, 15) is 14.4 Å². The Bertz CT molecular complexity index is 360. The molecule has 0 fully saturated rings. The first-order chi connectivity index (χ1) is 9.81. The van der Waals surface area contributed by atoms with E-state index in [-0.39, 0.29) is 37.5 Å². The van der Waals surface area contributed by atoms with Crippen molar-refractivity contribution >= 4 is 17.9 Å². The van der Waals surface area contributed by atoms with Gasteiger partial charge in [0.15, 0.2) is 0 Å². The van der Waals surface area contributed by atoms with Gasteiger partial charge in [-0.05, 0) is 20.3 Å². The Morgan fingerprint density at radius 2 is 1.81 bits per heavy atom. The minimum Gasteiger partial charge on any atom is -0.481 e. The molecule has 0 bridgehead atoms. The highest BCUT2D eigenvalue weighted by atomic mass is 16.4. The van der Waals surface area contributed by atoms with Crippen LogP contribution >= 0.6 is 0 Å². The minimum absolute atomic E-state index is 0.105. The third-order valence-corrected chi connectivity index (χ3v) is 3.23. The van der Waals surface area contributed by atoms with Gasteiger partial charge in [-0.3, -0.25) is 9.59 Å². The first kappa shape index (κ1) is 19.2. The molecule has 7 nitrogen and oxygen atoms in total. The molecule has 0 aliphatic rings. The fraction of sp³-hybridized carbons (Fsp3) is 0.786. The Kier molecular flexibility index (Phi) is 9.16. The lowest BCUT2D eigenvalue weighted by Crippen LogP contribution is -2.44. The van der Waals surface area contributed by atoms with Gasteiger partial charge < -0.3 is 20.6 Å². The number of carboxylic acids is 1. The topological polar surface area (TPSA) is 98.7 Å². The number of rotatable bonds is 9. The number of aliphatic carboxylic acids is 1. The molecule has 0 spiro atoms. The molecule has 122 valence electrons. The number of amides is 3. The zero-order chi connectivity index (χ0) is 16.4. The van der Waals surface area contributed by atoms with Gasteiger partial charge in [0, 0.05) is 32.1 Å². The molecule has 3 amide bonds. The third kappa shape index (κ3) is 8.16. The van der Waals surface area contributed by atoms with Crippen LogP contribution in [0.1, 0.15) is 40.5 Å². The second-order valence-electron chi connectivity index (χ2n) is 5.14. The van der Waals surface area contributed by atoms with E-state index in [1.165, 1.54) is 4.90 Å². The monoisotopic (exact) mass is 301 g/mol. The molecule has 7 heteroatoms. The Morgan fingerprint density at radius 1 is 1.19 bits per heavy atom. The summed E-state index contributed by atoms with van der Waals surface area (Å²) in [5.74, 6) is -1.66. The summed E-state index contributed by atoms with van der Waals surface area (Å²) in [7, 11) is 0. The maximum absolute atomic E-state index is 11.9. The third-order valence-electron chi connectivity index (χ3n) is 3.23. The van der Waals surface area contributed by atoms with Crippen molar-refractivity contribution in [1.29, 1.82) is 0 Å². The molecule has 0 heterocycles. The molecule has 0 saturated heterocycles. The molecule has 2 unspecified atom stereocenters. The zero-order valence-corrected chi connectivity index (χ0v) is 13.3. The Labute approximate surface area is 126 Å². The summed E-state index contributed by atoms with van der Waals surface area (Å²) < 4.78 is 0. The molecule has 0 aliphatic heterocycles. The normalized spacial score (nSPS) is 13.1. The first-order valence-electron chi connectivity index (χ1n) is 7.36. The van der Waals surface area contributed by atoms with Crippen LogP contribution in [0.25, 0.3) is 0 Å². The fourth-order valence-electron chi connectivity index (χ4n) is 1.61. The Balaban J connectivity index is 4.10. The lowest BCUT2D eigenvalue weighted by molar-refractivity contribution is -0.141. The molecule has 0 radical (unpaired) electrons. The molecule has 2 atom stereocenters. The number of nitrogens with one attached hydrogen (secondary N) is 2. The summed E-state index contributed by atoms with van der Waals surface area (Å²) in [6, 6.07) is -0.223. The predicted molar refractivity (Wildman–Crippen MR) is 80.0 cm³/mol. The van der Waals surface area contributed by atoms with Crippen LogP contribution in [0.4, 0.5) is 4.79 Å². The van der Waals surface area contributed by atoms with Gasteiger partial charge in [0.1, 0.15) is 0 Å². The second kappa shape index (κ2) is 10.0. The van der Waals surface area contributed by atoms with Crippen molar-refractivity contribution in [2.45, 2.75) is 46.6 Å². The number of hydrogen-bond acceptors (Lipinski definition) is 3. The molecule has 0 rings (SSSR count). The molecule has 0 saturated carbocycles. The van der Waals surface area contributed by atoms with E-state index < -0.39 is 11.9 Å². The van der Waals surface area contributed by atoms with Crippen LogP contribution in [-0.2, 0) is 9.59 Å². The predicted octanol–water partition coefficient (Wildman–Crippen LogP) is 1.04. The quantitative estimate of drug-likeness (QED) is 0.592. The highest BCUT2D eigenvalue weighted by molar-refractivity contribution is 5.78. The van der Waals surface area contributed by atoms with Crippen molar-refractivity contribution in [3.05, 3.63) is 0 Å². The molecule has 21 heavy (non-hydrogen) atoms. The van der Waals surface area contributed by atoms with Crippen LogP contribution in [0.3, 0.4) is 0 Å². The van der Waals surface area contributed by atoms with Crippen LogP contribution in [0, 0.1) is 5.92 Å². The van der Waals surface area contributed by atoms with Gasteiger partial charge in [-0.25, -0.2) is 4.79 Å². The van der Waals surface area contributed by atoms with Gasteiger partial charge in [0.05, 0.1) is 5.92 Å². The standard InChI is InChI=1S/C14H27N3O4/c1-5-11(4)16-12(18)7-8-15-14(21)17(6-2)9-10(3)13(19)20/h10-11H,5-9H2,1-4H3,(H,15,21)(H,16,18)(H,19,20). The molecule has 0 aromatic rings. The minimum atomic E-state index is -0.936. The summed E-state index contributed by atoms with van der Waals surface area (Å²) in [6.45, 7) is 8.04. The number of carbonyl (C=O) groups is 3. The van der Waals surface area contributed by atoms with Gasteiger partial charge in [-0.15, -0.1) is 0 Å².